The van der Waals surface area contributed by atoms with E-state index in [1.807, 2.05) is 0 Å². The van der Waals surface area contributed by atoms with Crippen LogP contribution in [-0.4, -0.2) is 59.1 Å². The maximum Gasteiger partial charge on any atom is 0.436 e. The quantitative estimate of drug-likeness (QED) is 0.232. The molecule has 0 atom stereocenters. The fraction of sp³-hybridized carbons (Fsp3) is 0.333. The topological polar surface area (TPSA) is 144 Å². The van der Waals surface area contributed by atoms with Gasteiger partial charge in [0.15, 0.2) is 5.69 Å². The Kier molecular flexibility index (Phi) is 8.52. The smallest absolute Gasteiger partial charge is 0.358 e. The third-order valence-corrected chi connectivity index (χ3v) is 6.70. The average Bonchev–Trinajstić information content (AvgIpc) is 3.57. The number of hydrogen-bond acceptors (Lipinski definition) is 6. The minimum Gasteiger partial charge on any atom is -0.358 e. The minimum absolute atomic E-state index is 0.196. The molecule has 41 heavy (non-hydrogen) atoms. The van der Waals surface area contributed by atoms with Gasteiger partial charge in [-0.15, -0.1) is 0 Å². The molecule has 1 aromatic carbocycles. The number of rotatable bonds is 9. The lowest BCUT2D eigenvalue weighted by molar-refractivity contribution is -0.142. The van der Waals surface area contributed by atoms with E-state index in [2.05, 4.69) is 54.7 Å². The van der Waals surface area contributed by atoms with Gasteiger partial charge in [-0.2, -0.15) is 13.2 Å². The average molecular weight is 574 g/mol. The van der Waals surface area contributed by atoms with Crippen LogP contribution in [-0.2, 0) is 11.0 Å². The van der Waals surface area contributed by atoms with Crippen molar-refractivity contribution < 1.29 is 32.1 Å². The number of anilines is 3. The van der Waals surface area contributed by atoms with Crippen molar-refractivity contribution in [3.05, 3.63) is 58.0 Å². The molecule has 3 heterocycles. The highest BCUT2D eigenvalue weighted by molar-refractivity contribution is 6.35. The molecule has 4 rings (SSSR count). The number of nitrogens with zero attached hydrogens (tertiary/aromatic N) is 2. The van der Waals surface area contributed by atoms with Gasteiger partial charge in [0.2, 0.25) is 5.88 Å². The van der Waals surface area contributed by atoms with Gasteiger partial charge in [0.05, 0.1) is 16.8 Å². The molecule has 0 aliphatic carbocycles. The summed E-state index contributed by atoms with van der Waals surface area (Å²) in [5, 5.41) is 13.2. The molecule has 4 amide bonds. The zero-order chi connectivity index (χ0) is 29.9. The molecule has 14 heteroatoms. The summed E-state index contributed by atoms with van der Waals surface area (Å²) in [6, 6.07) is 4.37. The summed E-state index contributed by atoms with van der Waals surface area (Å²) < 4.78 is 42.5. The third-order valence-electron chi connectivity index (χ3n) is 6.70. The molecule has 0 spiro atoms. The largest absolute Gasteiger partial charge is 0.436 e. The van der Waals surface area contributed by atoms with E-state index in [1.165, 1.54) is 12.1 Å². The predicted molar refractivity (Wildman–Crippen MR) is 147 cm³/mol. The first-order valence-corrected chi connectivity index (χ1v) is 12.9. The fourth-order valence-corrected chi connectivity index (χ4v) is 4.52. The number of H-pyrrole nitrogens is 1. The van der Waals surface area contributed by atoms with Crippen LogP contribution in [0.1, 0.15) is 52.4 Å². The van der Waals surface area contributed by atoms with Gasteiger partial charge in [-0.1, -0.05) is 25.1 Å². The molecule has 0 saturated carbocycles. The van der Waals surface area contributed by atoms with E-state index in [4.69, 9.17) is 0 Å². The standard InChI is InChI=1S/C27H30F3N7O4/c1-5-37(6-2)10-9-31-25(39)23-14(3)19(32-15(23)4)12-18-17-8-7-16(11-20(17)34-24(18)38)33-26(40)35-22-13-21(36-41-22)27(28,29)30/h7-8,11-13,32H,5-6,9-10H2,1-4H3,(H,31,39)(H,34,38)(H2,33,35,40)/b18-12-. The molecular weight excluding hydrogens is 543 g/mol. The van der Waals surface area contributed by atoms with Gasteiger partial charge in [0.1, 0.15) is 0 Å². The van der Waals surface area contributed by atoms with E-state index in [-0.39, 0.29) is 17.5 Å². The summed E-state index contributed by atoms with van der Waals surface area (Å²) in [4.78, 5) is 43.3. The molecule has 3 aromatic rings. The van der Waals surface area contributed by atoms with Crippen LogP contribution < -0.4 is 21.3 Å². The van der Waals surface area contributed by atoms with Crippen LogP contribution in [0.25, 0.3) is 11.6 Å². The van der Waals surface area contributed by atoms with E-state index in [9.17, 15) is 27.6 Å². The van der Waals surface area contributed by atoms with E-state index in [1.54, 1.807) is 26.0 Å². The zero-order valence-corrected chi connectivity index (χ0v) is 22.9. The third kappa shape index (κ3) is 6.60. The summed E-state index contributed by atoms with van der Waals surface area (Å²) >= 11 is 0. The van der Waals surface area contributed by atoms with E-state index >= 15 is 0 Å². The number of halogens is 3. The molecule has 218 valence electrons. The van der Waals surface area contributed by atoms with Crippen molar-refractivity contribution >= 4 is 46.8 Å². The number of hydrogen-bond donors (Lipinski definition) is 5. The van der Waals surface area contributed by atoms with Crippen LogP contribution in [0.2, 0.25) is 0 Å². The summed E-state index contributed by atoms with van der Waals surface area (Å²) in [7, 11) is 0. The maximum atomic E-state index is 12.9. The molecule has 2 aromatic heterocycles. The van der Waals surface area contributed by atoms with Crippen LogP contribution in [0.3, 0.4) is 0 Å². The van der Waals surface area contributed by atoms with Crippen LogP contribution >= 0.6 is 0 Å². The van der Waals surface area contributed by atoms with Gasteiger partial charge >= 0.3 is 12.2 Å². The molecule has 0 unspecified atom stereocenters. The number of nitrogens with one attached hydrogen (secondary N) is 5. The highest BCUT2D eigenvalue weighted by Gasteiger charge is 2.35. The van der Waals surface area contributed by atoms with Crippen molar-refractivity contribution in [3.8, 4) is 0 Å². The lowest BCUT2D eigenvalue weighted by Crippen LogP contribution is -2.35. The Bertz CT molecular complexity index is 1500. The van der Waals surface area contributed by atoms with Crippen molar-refractivity contribution in [1.82, 2.24) is 20.4 Å². The van der Waals surface area contributed by atoms with E-state index in [0.717, 1.165) is 19.6 Å². The maximum absolute atomic E-state index is 12.9. The number of likely N-dealkylation sites (N-methyl/N-ethyl adjacent to an activating group) is 1. The number of aryl methyl sites for hydroxylation is 1. The van der Waals surface area contributed by atoms with Gasteiger partial charge in [0.25, 0.3) is 11.8 Å². The Balaban J connectivity index is 1.46. The summed E-state index contributed by atoms with van der Waals surface area (Å²) in [5.74, 6) is -1.05. The highest BCUT2D eigenvalue weighted by atomic mass is 19.4. The second kappa shape index (κ2) is 11.9. The minimum atomic E-state index is -4.71. The van der Waals surface area contributed by atoms with Gasteiger partial charge < -0.3 is 30.4 Å². The zero-order valence-electron chi connectivity index (χ0n) is 22.9. The number of fused-ring (bicyclic) bond motifs is 1. The predicted octanol–water partition coefficient (Wildman–Crippen LogP) is 4.85. The normalized spacial score (nSPS) is 13.9. The molecule has 11 nitrogen and oxygen atoms in total. The number of aromatic amines is 1. The second-order valence-electron chi connectivity index (χ2n) is 9.37. The Morgan fingerprint density at radius 2 is 1.85 bits per heavy atom. The SMILES string of the molecule is CCN(CC)CCNC(=O)c1c(C)[nH]c(/C=C2\C(=O)Nc3cc(NC(=O)Nc4cc(C(F)(F)F)no4)ccc32)c1C. The number of amides is 4. The number of carbonyl (C=O) groups is 3. The van der Waals surface area contributed by atoms with Crippen molar-refractivity contribution in [2.24, 2.45) is 0 Å². The molecular formula is C27H30F3N7O4. The van der Waals surface area contributed by atoms with Gasteiger partial charge in [0, 0.05) is 41.8 Å². The molecule has 5 N–H and O–H groups in total. The van der Waals surface area contributed by atoms with Crippen molar-refractivity contribution in [2.75, 3.05) is 42.1 Å². The van der Waals surface area contributed by atoms with Crippen molar-refractivity contribution in [2.45, 2.75) is 33.9 Å². The van der Waals surface area contributed by atoms with Crippen molar-refractivity contribution in [3.63, 3.8) is 0 Å². The van der Waals surface area contributed by atoms with Gasteiger partial charge in [-0.05, 0) is 50.7 Å². The number of aromatic nitrogens is 2. The Morgan fingerprint density at radius 3 is 2.51 bits per heavy atom. The lowest BCUT2D eigenvalue weighted by Gasteiger charge is -2.18. The molecule has 1 aliphatic rings. The molecule has 0 fully saturated rings. The lowest BCUT2D eigenvalue weighted by atomic mass is 10.0. The first kappa shape index (κ1) is 29.4. The number of urea groups is 1. The molecule has 1 aliphatic heterocycles. The van der Waals surface area contributed by atoms with E-state index < -0.39 is 23.8 Å². The summed E-state index contributed by atoms with van der Waals surface area (Å²) in [6.45, 7) is 10.8. The molecule has 0 bridgehead atoms. The van der Waals surface area contributed by atoms with Crippen LogP contribution in [0.15, 0.2) is 28.8 Å². The van der Waals surface area contributed by atoms with Crippen LogP contribution in [0.5, 0.6) is 0 Å². The van der Waals surface area contributed by atoms with Crippen LogP contribution in [0.4, 0.5) is 35.2 Å². The molecule has 0 saturated heterocycles. The summed E-state index contributed by atoms with van der Waals surface area (Å²) in [5.41, 5.74) is 2.86. The first-order valence-electron chi connectivity index (χ1n) is 12.9. The Labute approximate surface area is 233 Å². The monoisotopic (exact) mass is 573 g/mol. The van der Waals surface area contributed by atoms with Crippen LogP contribution in [0, 0.1) is 13.8 Å². The number of benzene rings is 1. The van der Waals surface area contributed by atoms with Gasteiger partial charge in [-0.3, -0.25) is 14.9 Å². The fourth-order valence-electron chi connectivity index (χ4n) is 4.52. The van der Waals surface area contributed by atoms with Crippen molar-refractivity contribution in [1.29, 1.82) is 0 Å². The Morgan fingerprint density at radius 1 is 1.12 bits per heavy atom. The second-order valence-corrected chi connectivity index (χ2v) is 9.37. The summed E-state index contributed by atoms with van der Waals surface area (Å²) in [6.07, 6.45) is -3.04. The number of alkyl halides is 3. The number of carbonyl (C=O) groups excluding carboxylic acids is 3. The molecule has 0 radical (unpaired) electrons. The van der Waals surface area contributed by atoms with Gasteiger partial charge in [-0.25, -0.2) is 4.79 Å². The Hall–Kier alpha value is -4.59. The first-order chi connectivity index (χ1) is 19.4. The highest BCUT2D eigenvalue weighted by Crippen LogP contribution is 2.36. The van der Waals surface area contributed by atoms with E-state index in [0.29, 0.717) is 51.9 Å².